The predicted molar refractivity (Wildman–Crippen MR) is 252 cm³/mol. The third-order valence-electron chi connectivity index (χ3n) is 10.5. The molecule has 0 radical (unpaired) electrons. The van der Waals surface area contributed by atoms with Crippen molar-refractivity contribution < 1.29 is 49.0 Å². The Balaban J connectivity index is 0.000000250. The molecule has 0 saturated carbocycles. The summed E-state index contributed by atoms with van der Waals surface area (Å²) in [5, 5.41) is 7.95. The zero-order valence-electron chi connectivity index (χ0n) is 35.2. The van der Waals surface area contributed by atoms with Crippen molar-refractivity contribution in [2.24, 2.45) is 0 Å². The van der Waals surface area contributed by atoms with Gasteiger partial charge in [0.2, 0.25) is 0 Å². The van der Waals surface area contributed by atoms with Crippen molar-refractivity contribution >= 4 is 71.2 Å². The molecule has 0 aliphatic heterocycles. The van der Waals surface area contributed by atoms with Crippen LogP contribution in [0.2, 0.25) is 20.1 Å². The minimum Gasteiger partial charge on any atom is -1.00 e. The van der Waals surface area contributed by atoms with E-state index in [1.54, 1.807) is 12.1 Å². The van der Waals surface area contributed by atoms with Gasteiger partial charge in [0.1, 0.15) is 0 Å². The number of allylic oxidation sites excluding steroid dienone is 4. The molecule has 1 aliphatic carbocycles. The molecule has 7 aromatic rings. The molecule has 7 aromatic carbocycles. The largest absolute Gasteiger partial charge is 1.00 e. The van der Waals surface area contributed by atoms with E-state index in [-0.39, 0.29) is 35.6 Å². The van der Waals surface area contributed by atoms with Gasteiger partial charge in [-0.3, -0.25) is 6.08 Å². The number of hydrogen-bond donors (Lipinski definition) is 0. The fraction of sp³-hybridized carbons (Fsp3) is 0.208. The average Bonchev–Trinajstić information content (AvgIpc) is 3.89. The van der Waals surface area contributed by atoms with Gasteiger partial charge in [-0.05, 0) is 44.2 Å². The van der Waals surface area contributed by atoms with Gasteiger partial charge in [0.15, 0.2) is 0 Å². The summed E-state index contributed by atoms with van der Waals surface area (Å²) < 4.78 is 1.14. The van der Waals surface area contributed by atoms with Crippen molar-refractivity contribution in [2.75, 3.05) is 0 Å². The van der Waals surface area contributed by atoms with E-state index >= 15 is 0 Å². The molecule has 0 heterocycles. The maximum atomic E-state index is 6.21. The van der Waals surface area contributed by atoms with Crippen LogP contribution in [0.1, 0.15) is 81.3 Å². The van der Waals surface area contributed by atoms with E-state index in [2.05, 4.69) is 145 Å². The van der Waals surface area contributed by atoms with Crippen molar-refractivity contribution in [2.45, 2.75) is 72.6 Å². The van der Waals surface area contributed by atoms with E-state index in [9.17, 15) is 0 Å². The van der Waals surface area contributed by atoms with Gasteiger partial charge in [-0.25, -0.2) is 12.2 Å². The molecule has 0 N–H and O–H groups in total. The van der Waals surface area contributed by atoms with Crippen molar-refractivity contribution in [3.05, 3.63) is 193 Å². The molecule has 0 fully saturated rings. The first-order valence-electron chi connectivity index (χ1n) is 19.5. The van der Waals surface area contributed by atoms with E-state index < -0.39 is 0 Å². The van der Waals surface area contributed by atoms with Crippen LogP contribution in [0.15, 0.2) is 133 Å². The SMILES string of the molecule is CC(C)(C)c1cc2c(cc1-c1ccccc1)[cH-]c1cc(-c3ccccc3)c(C(C)(C)C)cc12.Cc1c(Cl)cc(Cl)cc1[C](=[Zr+2])c1cc(Cl)cc(Cl)c1C.[C-]1=CC=CC1.[Cl-].[Cl-]. The Morgan fingerprint density at radius 3 is 1.30 bits per heavy atom. The van der Waals surface area contributed by atoms with E-state index in [1.807, 2.05) is 38.1 Å². The molecule has 308 valence electrons. The molecule has 0 aromatic heterocycles. The van der Waals surface area contributed by atoms with Gasteiger partial charge in [-0.15, -0.1) is 46.2 Å². The summed E-state index contributed by atoms with van der Waals surface area (Å²) in [5.41, 5.74) is 12.3. The van der Waals surface area contributed by atoms with Crippen LogP contribution in [-0.4, -0.2) is 3.21 Å². The Morgan fingerprint density at radius 1 is 0.583 bits per heavy atom. The second kappa shape index (κ2) is 21.0. The number of hydrogen-bond acceptors (Lipinski definition) is 0. The number of halogens is 6. The molecule has 1 aliphatic rings. The van der Waals surface area contributed by atoms with Gasteiger partial charge >= 0.3 is 154 Å². The van der Waals surface area contributed by atoms with Crippen LogP contribution in [0, 0.1) is 19.9 Å². The topological polar surface area (TPSA) is 0 Å². The molecule has 0 atom stereocenters. The Morgan fingerprint density at radius 2 is 0.983 bits per heavy atom. The van der Waals surface area contributed by atoms with Crippen molar-refractivity contribution in [1.82, 2.24) is 0 Å². The summed E-state index contributed by atoms with van der Waals surface area (Å²) in [4.78, 5) is 0. The van der Waals surface area contributed by atoms with Crippen LogP contribution in [0.5, 0.6) is 0 Å². The number of benzene rings is 6. The fourth-order valence-electron chi connectivity index (χ4n) is 7.36. The zero-order chi connectivity index (χ0) is 41.9. The molecule has 8 rings (SSSR count). The third-order valence-corrected chi connectivity index (χ3v) is 13.1. The smallest absolute Gasteiger partial charge is 0.109 e. The Kier molecular flexibility index (Phi) is 17.5. The predicted octanol–water partition coefficient (Wildman–Crippen LogP) is 11.0. The molecular formula is C53H48Cl6Zr-2. The molecule has 0 unspecified atom stereocenters. The van der Waals surface area contributed by atoms with Gasteiger partial charge in [-0.2, -0.15) is 6.08 Å². The van der Waals surface area contributed by atoms with Gasteiger partial charge in [0.25, 0.3) is 0 Å². The fourth-order valence-corrected chi connectivity index (χ4v) is 9.62. The van der Waals surface area contributed by atoms with E-state index in [1.165, 1.54) is 79.2 Å². The van der Waals surface area contributed by atoms with Crippen molar-refractivity contribution in [3.8, 4) is 22.3 Å². The Hall–Kier alpha value is -2.84. The maximum Gasteiger partial charge on any atom is -0.109 e. The third kappa shape index (κ3) is 11.6. The molecule has 0 nitrogen and oxygen atoms in total. The van der Waals surface area contributed by atoms with Crippen LogP contribution < -0.4 is 24.8 Å². The summed E-state index contributed by atoms with van der Waals surface area (Å²) in [5.74, 6) is 0. The first kappa shape index (κ1) is 49.8. The van der Waals surface area contributed by atoms with Gasteiger partial charge < -0.3 is 24.8 Å². The molecule has 0 amide bonds. The van der Waals surface area contributed by atoms with Crippen LogP contribution in [0.25, 0.3) is 43.8 Å². The van der Waals surface area contributed by atoms with Gasteiger partial charge in [0.05, 0.1) is 0 Å². The monoisotopic (exact) mass is 984 g/mol. The number of rotatable bonds is 4. The molecule has 0 spiro atoms. The van der Waals surface area contributed by atoms with Crippen molar-refractivity contribution in [3.63, 3.8) is 0 Å². The van der Waals surface area contributed by atoms with Gasteiger partial charge in [-0.1, -0.05) is 114 Å². The van der Waals surface area contributed by atoms with Crippen LogP contribution in [0.4, 0.5) is 0 Å². The molecule has 60 heavy (non-hydrogen) atoms. The summed E-state index contributed by atoms with van der Waals surface area (Å²) >= 11 is 25.9. The zero-order valence-corrected chi connectivity index (χ0v) is 42.2. The Labute approximate surface area is 404 Å². The van der Waals surface area contributed by atoms with Crippen LogP contribution in [0.3, 0.4) is 0 Å². The second-order valence-electron chi connectivity index (χ2n) is 16.8. The van der Waals surface area contributed by atoms with E-state index in [0.717, 1.165) is 31.9 Å². The van der Waals surface area contributed by atoms with Gasteiger partial charge in [0, 0.05) is 0 Å². The molecule has 0 bridgehead atoms. The minimum atomic E-state index is 0. The standard InChI is InChI=1S/C33H33.C15H10Cl4.C5H5.2ClH.Zr/c1-32(2,3)30-20-26-24(18-28(30)22-13-9-7-10-14-22)17-25-19-29(23-15-11-8-12-16-23)31(21-27(25)26)33(4,5)6;1-8-10(4-12(16)6-14(8)18)3-11-5-13(17)7-15(19)9(11)2;1-2-4-5-3-1;;;/h7-21H,1-6H3;4-7H,1-2H3;1-3H,4H2;2*1H;/q-1;;-1;;;+2/p-2. The summed E-state index contributed by atoms with van der Waals surface area (Å²) in [6, 6.07) is 41.1. The van der Waals surface area contributed by atoms with Crippen LogP contribution >= 0.6 is 46.4 Å². The normalized spacial score (nSPS) is 12.0. The number of fused-ring (bicyclic) bond motifs is 3. The van der Waals surface area contributed by atoms with E-state index in [4.69, 9.17) is 46.4 Å². The second-order valence-corrected chi connectivity index (χ2v) is 19.8. The quantitative estimate of drug-likeness (QED) is 0.154. The van der Waals surface area contributed by atoms with Crippen molar-refractivity contribution in [1.29, 1.82) is 0 Å². The molecule has 7 heteroatoms. The maximum absolute atomic E-state index is 6.21. The first-order chi connectivity index (χ1) is 27.4. The average molecular weight is 989 g/mol. The van der Waals surface area contributed by atoms with Crippen LogP contribution in [-0.2, 0) is 35.1 Å². The Bertz CT molecular complexity index is 2490. The summed E-state index contributed by atoms with van der Waals surface area (Å²) in [6.45, 7) is 17.9. The first-order valence-corrected chi connectivity index (χ1v) is 22.2. The summed E-state index contributed by atoms with van der Waals surface area (Å²) in [7, 11) is 0. The van der Waals surface area contributed by atoms with E-state index in [0.29, 0.717) is 20.1 Å². The summed E-state index contributed by atoms with van der Waals surface area (Å²) in [6.07, 6.45) is 10.0. The molecular weight excluding hydrogens is 941 g/mol. The minimum absolute atomic E-state index is 0. The molecule has 0 saturated heterocycles.